The summed E-state index contributed by atoms with van der Waals surface area (Å²) in [4.78, 5) is 16.8. The van der Waals surface area contributed by atoms with Gasteiger partial charge in [-0.1, -0.05) is 56.3 Å². The predicted molar refractivity (Wildman–Crippen MR) is 109 cm³/mol. The van der Waals surface area contributed by atoms with Gasteiger partial charge in [0.05, 0.1) is 5.69 Å². The normalized spacial score (nSPS) is 35.0. The number of allylic oxidation sites excluding steroid dienone is 1. The van der Waals surface area contributed by atoms with Crippen LogP contribution in [0.4, 0.5) is 0 Å². The van der Waals surface area contributed by atoms with Crippen LogP contribution in [0.15, 0.2) is 54.7 Å². The standard InChI is InChI=1S/C24H27NO3/c1-15-13-24(27)22(17(3)28-23(24)26)21(16(15)2)12-11-20-10-9-19(14-25-20)18-7-5-4-6-8-18/h4-12,14-17,21-22,27H,13H2,1-3H3/t15-,16+,17+,21-,22-,24-/m0/s1. The highest BCUT2D eigenvalue weighted by Crippen LogP contribution is 2.51. The summed E-state index contributed by atoms with van der Waals surface area (Å²) >= 11 is 0. The largest absolute Gasteiger partial charge is 0.460 e. The Morgan fingerprint density at radius 2 is 1.86 bits per heavy atom. The Labute approximate surface area is 166 Å². The second kappa shape index (κ2) is 7.17. The smallest absolute Gasteiger partial charge is 0.338 e. The van der Waals surface area contributed by atoms with Crippen molar-refractivity contribution < 1.29 is 14.6 Å². The third kappa shape index (κ3) is 3.16. The number of aliphatic hydroxyl groups is 1. The van der Waals surface area contributed by atoms with E-state index in [1.807, 2.05) is 43.5 Å². The quantitative estimate of drug-likeness (QED) is 0.808. The summed E-state index contributed by atoms with van der Waals surface area (Å²) in [5.74, 6) is -0.0337. The number of hydrogen-bond acceptors (Lipinski definition) is 4. The summed E-state index contributed by atoms with van der Waals surface area (Å²) in [5.41, 5.74) is 1.72. The summed E-state index contributed by atoms with van der Waals surface area (Å²) in [6.07, 6.45) is 6.18. The molecule has 1 aromatic heterocycles. The van der Waals surface area contributed by atoms with Gasteiger partial charge in [0.2, 0.25) is 0 Å². The molecule has 4 heteroatoms. The summed E-state index contributed by atoms with van der Waals surface area (Å²) in [6.45, 7) is 6.18. The number of cyclic esters (lactones) is 1. The second-order valence-corrected chi connectivity index (χ2v) is 8.38. The lowest BCUT2D eigenvalue weighted by Crippen LogP contribution is -2.52. The molecule has 1 aliphatic carbocycles. The number of benzene rings is 1. The molecule has 1 aliphatic heterocycles. The maximum atomic E-state index is 12.3. The van der Waals surface area contributed by atoms with Crippen LogP contribution in [-0.2, 0) is 9.53 Å². The highest BCUT2D eigenvalue weighted by Gasteiger charge is 2.61. The monoisotopic (exact) mass is 377 g/mol. The average Bonchev–Trinajstić information content (AvgIpc) is 2.92. The Morgan fingerprint density at radius 3 is 2.54 bits per heavy atom. The number of rotatable bonds is 3. The fourth-order valence-corrected chi connectivity index (χ4v) is 4.91. The van der Waals surface area contributed by atoms with Gasteiger partial charge in [0.1, 0.15) is 6.10 Å². The van der Waals surface area contributed by atoms with E-state index in [1.54, 1.807) is 0 Å². The lowest BCUT2D eigenvalue weighted by Gasteiger charge is -2.44. The Bertz CT molecular complexity index is 876. The van der Waals surface area contributed by atoms with Crippen molar-refractivity contribution in [3.05, 3.63) is 60.4 Å². The van der Waals surface area contributed by atoms with Crippen molar-refractivity contribution in [1.29, 1.82) is 0 Å². The minimum absolute atomic E-state index is 0.0609. The zero-order valence-electron chi connectivity index (χ0n) is 16.6. The molecule has 1 saturated heterocycles. The number of aromatic nitrogens is 1. The molecule has 1 aromatic carbocycles. The van der Waals surface area contributed by atoms with Gasteiger partial charge in [-0.3, -0.25) is 4.98 Å². The number of fused-ring (bicyclic) bond motifs is 1. The van der Waals surface area contributed by atoms with Crippen LogP contribution in [-0.4, -0.2) is 27.8 Å². The number of ether oxygens (including phenoxy) is 1. The van der Waals surface area contributed by atoms with Gasteiger partial charge in [-0.05, 0) is 48.8 Å². The first-order chi connectivity index (χ1) is 13.4. The Kier molecular flexibility index (Phi) is 4.84. The zero-order valence-corrected chi connectivity index (χ0v) is 16.6. The number of carbonyl (C=O) groups is 1. The van der Waals surface area contributed by atoms with Gasteiger partial charge in [0.15, 0.2) is 5.60 Å². The third-order valence-corrected chi connectivity index (χ3v) is 6.64. The molecule has 28 heavy (non-hydrogen) atoms. The van der Waals surface area contributed by atoms with Crippen molar-refractivity contribution in [3.63, 3.8) is 0 Å². The van der Waals surface area contributed by atoms with Gasteiger partial charge < -0.3 is 9.84 Å². The van der Waals surface area contributed by atoms with Crippen LogP contribution >= 0.6 is 0 Å². The van der Waals surface area contributed by atoms with E-state index in [9.17, 15) is 9.90 Å². The van der Waals surface area contributed by atoms with Crippen LogP contribution in [0.3, 0.4) is 0 Å². The minimum atomic E-state index is -1.37. The van der Waals surface area contributed by atoms with Crippen molar-refractivity contribution in [3.8, 4) is 11.1 Å². The molecule has 1 N–H and O–H groups in total. The van der Waals surface area contributed by atoms with Gasteiger partial charge in [-0.2, -0.15) is 0 Å². The maximum absolute atomic E-state index is 12.3. The fourth-order valence-electron chi connectivity index (χ4n) is 4.91. The van der Waals surface area contributed by atoms with Crippen molar-refractivity contribution in [2.24, 2.45) is 23.7 Å². The van der Waals surface area contributed by atoms with E-state index in [1.165, 1.54) is 0 Å². The molecule has 0 bridgehead atoms. The average molecular weight is 377 g/mol. The van der Waals surface area contributed by atoms with Crippen molar-refractivity contribution in [1.82, 2.24) is 4.98 Å². The Hall–Kier alpha value is -2.46. The van der Waals surface area contributed by atoms with E-state index < -0.39 is 11.6 Å². The van der Waals surface area contributed by atoms with Crippen molar-refractivity contribution in [2.45, 2.75) is 38.9 Å². The Balaban J connectivity index is 1.58. The van der Waals surface area contributed by atoms with Gasteiger partial charge in [0, 0.05) is 17.7 Å². The molecule has 0 radical (unpaired) electrons. The van der Waals surface area contributed by atoms with Gasteiger partial charge in [-0.15, -0.1) is 0 Å². The predicted octanol–water partition coefficient (Wildman–Crippen LogP) is 4.35. The SMILES string of the molecule is C[C@H]1[C@H](C=Cc2ccc(-c3ccccc3)cn2)[C@@H]2[C@@H](C)OC(=O)[C@]2(O)C[C@@H]1C. The maximum Gasteiger partial charge on any atom is 0.338 e. The molecule has 6 atom stereocenters. The molecule has 2 aliphatic rings. The molecular formula is C24H27NO3. The lowest BCUT2D eigenvalue weighted by molar-refractivity contribution is -0.160. The zero-order chi connectivity index (χ0) is 19.9. The van der Waals surface area contributed by atoms with Gasteiger partial charge >= 0.3 is 5.97 Å². The topological polar surface area (TPSA) is 59.4 Å². The molecule has 2 aromatic rings. The number of hydrogen-bond donors (Lipinski definition) is 1. The highest BCUT2D eigenvalue weighted by molar-refractivity contribution is 5.82. The Morgan fingerprint density at radius 1 is 1.11 bits per heavy atom. The van der Waals surface area contributed by atoms with Crippen LogP contribution in [0.5, 0.6) is 0 Å². The molecule has 4 rings (SSSR count). The van der Waals surface area contributed by atoms with E-state index >= 15 is 0 Å². The van der Waals surface area contributed by atoms with Crippen LogP contribution in [0, 0.1) is 23.7 Å². The fraction of sp³-hybridized carbons (Fsp3) is 0.417. The van der Waals surface area contributed by atoms with E-state index in [0.717, 1.165) is 16.8 Å². The molecule has 1 saturated carbocycles. The number of nitrogens with zero attached hydrogens (tertiary/aromatic N) is 1. The molecule has 2 heterocycles. The molecule has 4 nitrogen and oxygen atoms in total. The number of pyridine rings is 1. The van der Waals surface area contributed by atoms with Crippen LogP contribution in [0.25, 0.3) is 17.2 Å². The number of esters is 1. The molecule has 0 amide bonds. The first-order valence-corrected chi connectivity index (χ1v) is 10.0. The van der Waals surface area contributed by atoms with Crippen LogP contribution < -0.4 is 0 Å². The lowest BCUT2D eigenvalue weighted by atomic mass is 9.60. The second-order valence-electron chi connectivity index (χ2n) is 8.38. The molecule has 2 fully saturated rings. The van der Waals surface area contributed by atoms with Crippen LogP contribution in [0.2, 0.25) is 0 Å². The summed E-state index contributed by atoms with van der Waals surface area (Å²) in [5, 5.41) is 11.0. The van der Waals surface area contributed by atoms with Crippen molar-refractivity contribution >= 4 is 12.0 Å². The molecule has 146 valence electrons. The minimum Gasteiger partial charge on any atom is -0.460 e. The summed E-state index contributed by atoms with van der Waals surface area (Å²) < 4.78 is 5.42. The van der Waals surface area contributed by atoms with E-state index in [0.29, 0.717) is 12.3 Å². The molecule has 0 unspecified atom stereocenters. The van der Waals surface area contributed by atoms with Crippen molar-refractivity contribution in [2.75, 3.05) is 0 Å². The van der Waals surface area contributed by atoms with Gasteiger partial charge in [-0.25, -0.2) is 4.79 Å². The molecular weight excluding hydrogens is 350 g/mol. The van der Waals surface area contributed by atoms with E-state index in [4.69, 9.17) is 4.74 Å². The summed E-state index contributed by atoms with van der Waals surface area (Å²) in [6, 6.07) is 14.2. The molecule has 0 spiro atoms. The first kappa shape index (κ1) is 18.9. The first-order valence-electron chi connectivity index (χ1n) is 10.0. The third-order valence-electron chi connectivity index (χ3n) is 6.64. The van der Waals surface area contributed by atoms with E-state index in [2.05, 4.69) is 43.1 Å². The van der Waals surface area contributed by atoms with Crippen LogP contribution in [0.1, 0.15) is 32.9 Å². The highest BCUT2D eigenvalue weighted by atomic mass is 16.6. The van der Waals surface area contributed by atoms with E-state index in [-0.39, 0.29) is 23.9 Å². The number of carbonyl (C=O) groups excluding carboxylic acids is 1. The van der Waals surface area contributed by atoms with Gasteiger partial charge in [0.25, 0.3) is 0 Å². The summed E-state index contributed by atoms with van der Waals surface area (Å²) in [7, 11) is 0.